The Bertz CT molecular complexity index is 495. The van der Waals surface area contributed by atoms with E-state index in [1.807, 2.05) is 0 Å². The van der Waals surface area contributed by atoms with E-state index in [-0.39, 0.29) is 6.61 Å². The first kappa shape index (κ1) is 16.0. The van der Waals surface area contributed by atoms with E-state index < -0.39 is 6.10 Å². The zero-order valence-corrected chi connectivity index (χ0v) is 13.9. The van der Waals surface area contributed by atoms with Crippen LogP contribution in [0, 0.1) is 0 Å². The van der Waals surface area contributed by atoms with Crippen LogP contribution in [0.25, 0.3) is 0 Å². The van der Waals surface area contributed by atoms with Gasteiger partial charge in [0.2, 0.25) is 0 Å². The quantitative estimate of drug-likeness (QED) is 0.791. The molecule has 5 heteroatoms. The lowest BCUT2D eigenvalue weighted by Gasteiger charge is -2.24. The molecule has 4 nitrogen and oxygen atoms in total. The number of aryl methyl sites for hydroxylation is 1. The molecule has 1 aromatic rings. The highest BCUT2D eigenvalue weighted by Crippen LogP contribution is 2.26. The first-order valence-corrected chi connectivity index (χ1v) is 9.38. The van der Waals surface area contributed by atoms with Crippen LogP contribution < -0.4 is 5.32 Å². The van der Waals surface area contributed by atoms with Crippen molar-refractivity contribution in [2.24, 2.45) is 5.16 Å². The number of rotatable bonds is 6. The van der Waals surface area contributed by atoms with E-state index in [1.165, 1.54) is 42.5 Å². The molecule has 0 bridgehead atoms. The summed E-state index contributed by atoms with van der Waals surface area (Å²) >= 11 is 1.80. The molecule has 1 aromatic heterocycles. The summed E-state index contributed by atoms with van der Waals surface area (Å²) in [6, 6.07) is 2.70. The van der Waals surface area contributed by atoms with Gasteiger partial charge in [0.1, 0.15) is 12.7 Å². The lowest BCUT2D eigenvalue weighted by atomic mass is 9.95. The van der Waals surface area contributed by atoms with Gasteiger partial charge in [-0.25, -0.2) is 0 Å². The van der Waals surface area contributed by atoms with Gasteiger partial charge in [0, 0.05) is 23.0 Å². The van der Waals surface area contributed by atoms with Crippen LogP contribution >= 0.6 is 11.3 Å². The number of fused-ring (bicyclic) bond motifs is 1. The van der Waals surface area contributed by atoms with Crippen molar-refractivity contribution in [3.8, 4) is 0 Å². The van der Waals surface area contributed by atoms with Gasteiger partial charge in [-0.15, -0.1) is 11.3 Å². The molecule has 2 aliphatic carbocycles. The van der Waals surface area contributed by atoms with Crippen molar-refractivity contribution in [2.75, 3.05) is 13.2 Å². The molecule has 0 saturated heterocycles. The minimum absolute atomic E-state index is 0.267. The molecular weight excluding hydrogens is 296 g/mol. The average molecular weight is 322 g/mol. The van der Waals surface area contributed by atoms with Crippen molar-refractivity contribution in [2.45, 2.75) is 63.5 Å². The SMILES string of the molecule is OC(CNC1CCCCC1)CON=C1CCCc2sccc21. The van der Waals surface area contributed by atoms with Crippen LogP contribution in [0.2, 0.25) is 0 Å². The molecular formula is C17H26N2O2S. The number of hydrogen-bond acceptors (Lipinski definition) is 5. The maximum atomic E-state index is 10.0. The van der Waals surface area contributed by atoms with Gasteiger partial charge in [0.05, 0.1) is 5.71 Å². The van der Waals surface area contributed by atoms with E-state index in [1.54, 1.807) is 11.3 Å². The van der Waals surface area contributed by atoms with Crippen molar-refractivity contribution < 1.29 is 9.94 Å². The Morgan fingerprint density at radius 3 is 3.00 bits per heavy atom. The molecule has 0 aromatic carbocycles. The summed E-state index contributed by atoms with van der Waals surface area (Å²) in [6.07, 6.45) is 9.21. The van der Waals surface area contributed by atoms with Gasteiger partial charge < -0.3 is 15.3 Å². The molecule has 22 heavy (non-hydrogen) atoms. The van der Waals surface area contributed by atoms with Crippen LogP contribution in [0.5, 0.6) is 0 Å². The van der Waals surface area contributed by atoms with E-state index in [0.29, 0.717) is 12.6 Å². The minimum Gasteiger partial charge on any atom is -0.393 e. The lowest BCUT2D eigenvalue weighted by Crippen LogP contribution is -2.38. The zero-order valence-electron chi connectivity index (χ0n) is 13.1. The van der Waals surface area contributed by atoms with Crippen LogP contribution in [0.15, 0.2) is 16.6 Å². The van der Waals surface area contributed by atoms with Crippen molar-refractivity contribution in [1.29, 1.82) is 0 Å². The number of oxime groups is 1. The maximum absolute atomic E-state index is 10.0. The Balaban J connectivity index is 1.40. The summed E-state index contributed by atoms with van der Waals surface area (Å²) in [5.41, 5.74) is 2.28. The van der Waals surface area contributed by atoms with Gasteiger partial charge in [0.15, 0.2) is 0 Å². The molecule has 1 saturated carbocycles. The fraction of sp³-hybridized carbons (Fsp3) is 0.706. The molecule has 2 N–H and O–H groups in total. The van der Waals surface area contributed by atoms with Gasteiger partial charge in [-0.05, 0) is 43.6 Å². The zero-order chi connectivity index (χ0) is 15.2. The molecule has 1 fully saturated rings. The number of hydrogen-bond donors (Lipinski definition) is 2. The normalized spacial score (nSPS) is 22.5. The Morgan fingerprint density at radius 2 is 2.14 bits per heavy atom. The summed E-state index contributed by atoms with van der Waals surface area (Å²) in [5, 5.41) is 19.8. The molecule has 122 valence electrons. The summed E-state index contributed by atoms with van der Waals surface area (Å²) in [7, 11) is 0. The monoisotopic (exact) mass is 322 g/mol. The molecule has 2 aliphatic rings. The van der Waals surface area contributed by atoms with Crippen molar-refractivity contribution in [3.05, 3.63) is 21.9 Å². The highest BCUT2D eigenvalue weighted by molar-refractivity contribution is 7.10. The first-order valence-electron chi connectivity index (χ1n) is 8.50. The smallest absolute Gasteiger partial charge is 0.144 e. The van der Waals surface area contributed by atoms with Crippen LogP contribution in [-0.2, 0) is 11.3 Å². The molecule has 1 atom stereocenters. The summed E-state index contributed by atoms with van der Waals surface area (Å²) < 4.78 is 0. The van der Waals surface area contributed by atoms with Crippen LogP contribution in [0.1, 0.15) is 55.4 Å². The second-order valence-electron chi connectivity index (χ2n) is 6.34. The molecule has 0 amide bonds. The first-order chi connectivity index (χ1) is 10.8. The number of nitrogens with one attached hydrogen (secondary N) is 1. The van der Waals surface area contributed by atoms with Crippen molar-refractivity contribution in [3.63, 3.8) is 0 Å². The summed E-state index contributed by atoms with van der Waals surface area (Å²) in [5.74, 6) is 0. The predicted molar refractivity (Wildman–Crippen MR) is 90.6 cm³/mol. The third-order valence-electron chi connectivity index (χ3n) is 4.56. The summed E-state index contributed by atoms with van der Waals surface area (Å²) in [6.45, 7) is 0.863. The molecule has 0 radical (unpaired) electrons. The van der Waals surface area contributed by atoms with Gasteiger partial charge in [-0.1, -0.05) is 24.4 Å². The topological polar surface area (TPSA) is 53.8 Å². The van der Waals surface area contributed by atoms with Crippen LogP contribution in [-0.4, -0.2) is 36.1 Å². The molecule has 1 unspecified atom stereocenters. The largest absolute Gasteiger partial charge is 0.393 e. The number of nitrogens with zero attached hydrogens (tertiary/aromatic N) is 1. The standard InChI is InChI=1S/C17H26N2O2S/c20-14(11-18-13-5-2-1-3-6-13)12-21-19-16-7-4-8-17-15(16)9-10-22-17/h9-10,13-14,18,20H,1-8,11-12H2. The highest BCUT2D eigenvalue weighted by Gasteiger charge is 2.18. The Morgan fingerprint density at radius 1 is 1.27 bits per heavy atom. The van der Waals surface area contributed by atoms with E-state index >= 15 is 0 Å². The summed E-state index contributed by atoms with van der Waals surface area (Å²) in [4.78, 5) is 6.81. The maximum Gasteiger partial charge on any atom is 0.144 e. The molecule has 1 heterocycles. The van der Waals surface area contributed by atoms with E-state index in [0.717, 1.165) is 25.0 Å². The Labute approximate surface area is 136 Å². The van der Waals surface area contributed by atoms with Crippen LogP contribution in [0.4, 0.5) is 0 Å². The van der Waals surface area contributed by atoms with Crippen molar-refractivity contribution >= 4 is 17.0 Å². The van der Waals surface area contributed by atoms with E-state index in [4.69, 9.17) is 4.84 Å². The number of thiophene rings is 1. The second kappa shape index (κ2) is 8.09. The third-order valence-corrected chi connectivity index (χ3v) is 5.54. The van der Waals surface area contributed by atoms with E-state index in [2.05, 4.69) is 21.9 Å². The molecule has 3 rings (SSSR count). The fourth-order valence-corrected chi connectivity index (χ4v) is 4.25. The van der Waals surface area contributed by atoms with Crippen LogP contribution in [0.3, 0.4) is 0 Å². The molecule has 0 aliphatic heterocycles. The fourth-order valence-electron chi connectivity index (χ4n) is 3.31. The Kier molecular flexibility index (Phi) is 5.87. The predicted octanol–water partition coefficient (Wildman–Crippen LogP) is 3.09. The highest BCUT2D eigenvalue weighted by atomic mass is 32.1. The second-order valence-corrected chi connectivity index (χ2v) is 7.34. The van der Waals surface area contributed by atoms with Gasteiger partial charge in [0.25, 0.3) is 0 Å². The van der Waals surface area contributed by atoms with Gasteiger partial charge in [-0.3, -0.25) is 0 Å². The minimum atomic E-state index is -0.489. The molecule has 0 spiro atoms. The third kappa shape index (κ3) is 4.31. The number of aliphatic hydroxyl groups is 1. The van der Waals surface area contributed by atoms with Gasteiger partial charge in [-0.2, -0.15) is 0 Å². The average Bonchev–Trinajstić information content (AvgIpc) is 3.03. The van der Waals surface area contributed by atoms with E-state index in [9.17, 15) is 5.11 Å². The van der Waals surface area contributed by atoms with Gasteiger partial charge >= 0.3 is 0 Å². The Hall–Kier alpha value is -0.910. The number of aliphatic hydroxyl groups excluding tert-OH is 1. The van der Waals surface area contributed by atoms with Crippen molar-refractivity contribution in [1.82, 2.24) is 5.32 Å². The lowest BCUT2D eigenvalue weighted by molar-refractivity contribution is 0.0380.